The van der Waals surface area contributed by atoms with Crippen molar-refractivity contribution in [3.05, 3.63) is 0 Å². The van der Waals surface area contributed by atoms with E-state index in [1.54, 1.807) is 0 Å². The van der Waals surface area contributed by atoms with Gasteiger partial charge in [-0.05, 0) is 36.5 Å². The molecular formula is C18H34N2O. The lowest BCUT2D eigenvalue weighted by atomic mass is 9.82. The van der Waals surface area contributed by atoms with E-state index in [0.29, 0.717) is 35.6 Å². The molecule has 3 rings (SSSR count). The van der Waals surface area contributed by atoms with Crippen LogP contribution in [0.1, 0.15) is 53.9 Å². The Morgan fingerprint density at radius 2 is 1.86 bits per heavy atom. The van der Waals surface area contributed by atoms with Crippen molar-refractivity contribution in [1.82, 2.24) is 10.2 Å². The van der Waals surface area contributed by atoms with Crippen molar-refractivity contribution in [2.75, 3.05) is 19.7 Å². The van der Waals surface area contributed by atoms with Crippen LogP contribution in [0.25, 0.3) is 0 Å². The van der Waals surface area contributed by atoms with E-state index in [9.17, 15) is 0 Å². The highest BCUT2D eigenvalue weighted by Crippen LogP contribution is 2.42. The second-order valence-electron chi connectivity index (χ2n) is 8.86. The SMILES string of the molecule is CC(C)C1CNC(C(C)(C)C)CN1C1CCOC1C1CC1. The lowest BCUT2D eigenvalue weighted by Crippen LogP contribution is -2.65. The largest absolute Gasteiger partial charge is 0.376 e. The molecule has 21 heavy (non-hydrogen) atoms. The Bertz CT molecular complexity index is 359. The molecule has 1 aliphatic carbocycles. The van der Waals surface area contributed by atoms with Crippen LogP contribution in [-0.4, -0.2) is 48.8 Å². The third-order valence-electron chi connectivity index (χ3n) is 5.82. The maximum atomic E-state index is 6.13. The Hall–Kier alpha value is -0.120. The summed E-state index contributed by atoms with van der Waals surface area (Å²) in [6.07, 6.45) is 4.54. The standard InChI is InChI=1S/C18H34N2O/c1-12(2)15-10-19-16(18(3,4)5)11-20(15)14-8-9-21-17(14)13-6-7-13/h12-17,19H,6-11H2,1-5H3. The average molecular weight is 294 g/mol. The first-order valence-corrected chi connectivity index (χ1v) is 8.98. The summed E-state index contributed by atoms with van der Waals surface area (Å²) in [7, 11) is 0. The zero-order valence-corrected chi connectivity index (χ0v) is 14.6. The molecule has 3 nitrogen and oxygen atoms in total. The molecule has 2 heterocycles. The van der Waals surface area contributed by atoms with Crippen molar-refractivity contribution in [2.24, 2.45) is 17.3 Å². The van der Waals surface area contributed by atoms with Gasteiger partial charge >= 0.3 is 0 Å². The van der Waals surface area contributed by atoms with Crippen molar-refractivity contribution >= 4 is 0 Å². The van der Waals surface area contributed by atoms with Crippen LogP contribution in [-0.2, 0) is 4.74 Å². The van der Waals surface area contributed by atoms with Gasteiger partial charge in [0.05, 0.1) is 6.10 Å². The van der Waals surface area contributed by atoms with Crippen molar-refractivity contribution in [3.8, 4) is 0 Å². The monoisotopic (exact) mass is 294 g/mol. The molecule has 2 aliphatic heterocycles. The Balaban J connectivity index is 1.76. The molecule has 3 aliphatic rings. The molecule has 3 fully saturated rings. The lowest BCUT2D eigenvalue weighted by Gasteiger charge is -2.49. The van der Waals surface area contributed by atoms with E-state index >= 15 is 0 Å². The number of hydrogen-bond acceptors (Lipinski definition) is 3. The van der Waals surface area contributed by atoms with Gasteiger partial charge in [-0.2, -0.15) is 0 Å². The number of nitrogens with one attached hydrogen (secondary N) is 1. The Morgan fingerprint density at radius 3 is 2.43 bits per heavy atom. The molecule has 1 saturated carbocycles. The number of nitrogens with zero attached hydrogens (tertiary/aromatic N) is 1. The number of rotatable bonds is 3. The topological polar surface area (TPSA) is 24.5 Å². The molecule has 0 radical (unpaired) electrons. The van der Waals surface area contributed by atoms with Crippen molar-refractivity contribution in [1.29, 1.82) is 0 Å². The van der Waals surface area contributed by atoms with Gasteiger partial charge in [0, 0.05) is 37.8 Å². The first-order valence-electron chi connectivity index (χ1n) is 8.98. The summed E-state index contributed by atoms with van der Waals surface area (Å²) in [5.41, 5.74) is 0.328. The van der Waals surface area contributed by atoms with E-state index in [0.717, 1.165) is 19.1 Å². The molecule has 0 spiro atoms. The van der Waals surface area contributed by atoms with E-state index in [-0.39, 0.29) is 0 Å². The zero-order valence-electron chi connectivity index (χ0n) is 14.6. The highest BCUT2D eigenvalue weighted by atomic mass is 16.5. The van der Waals surface area contributed by atoms with Gasteiger partial charge in [-0.25, -0.2) is 0 Å². The van der Waals surface area contributed by atoms with Gasteiger partial charge in [0.2, 0.25) is 0 Å². The Labute approximate surface area is 130 Å². The minimum absolute atomic E-state index is 0.328. The van der Waals surface area contributed by atoms with Crippen molar-refractivity contribution in [3.63, 3.8) is 0 Å². The summed E-state index contributed by atoms with van der Waals surface area (Å²) in [5.74, 6) is 1.56. The van der Waals surface area contributed by atoms with Gasteiger partial charge in [0.25, 0.3) is 0 Å². The molecule has 0 bridgehead atoms. The van der Waals surface area contributed by atoms with Gasteiger partial charge in [-0.3, -0.25) is 4.90 Å². The molecule has 4 unspecified atom stereocenters. The van der Waals surface area contributed by atoms with Crippen molar-refractivity contribution in [2.45, 2.75) is 78.1 Å². The van der Waals surface area contributed by atoms with Crippen LogP contribution in [0.3, 0.4) is 0 Å². The van der Waals surface area contributed by atoms with Gasteiger partial charge in [-0.15, -0.1) is 0 Å². The fourth-order valence-corrected chi connectivity index (χ4v) is 4.20. The summed E-state index contributed by atoms with van der Waals surface area (Å²) in [6.45, 7) is 15.1. The molecule has 122 valence electrons. The van der Waals surface area contributed by atoms with Gasteiger partial charge < -0.3 is 10.1 Å². The predicted molar refractivity (Wildman–Crippen MR) is 87.4 cm³/mol. The van der Waals surface area contributed by atoms with Gasteiger partial charge in [0.15, 0.2) is 0 Å². The Morgan fingerprint density at radius 1 is 1.14 bits per heavy atom. The van der Waals surface area contributed by atoms with Crippen LogP contribution >= 0.6 is 0 Å². The van der Waals surface area contributed by atoms with Crippen LogP contribution in [0.2, 0.25) is 0 Å². The van der Waals surface area contributed by atoms with Crippen LogP contribution in [0.4, 0.5) is 0 Å². The second kappa shape index (κ2) is 5.82. The minimum atomic E-state index is 0.328. The van der Waals surface area contributed by atoms with Crippen LogP contribution in [0.15, 0.2) is 0 Å². The Kier molecular flexibility index (Phi) is 4.37. The fraction of sp³-hybridized carbons (Fsp3) is 1.00. The summed E-state index contributed by atoms with van der Waals surface area (Å²) in [4.78, 5) is 2.83. The van der Waals surface area contributed by atoms with E-state index in [1.807, 2.05) is 0 Å². The van der Waals surface area contributed by atoms with Gasteiger partial charge in [-0.1, -0.05) is 34.6 Å². The molecule has 0 amide bonds. The molecular weight excluding hydrogens is 260 g/mol. The zero-order chi connectivity index (χ0) is 15.2. The smallest absolute Gasteiger partial charge is 0.0759 e. The first kappa shape index (κ1) is 15.8. The third kappa shape index (κ3) is 3.30. The maximum Gasteiger partial charge on any atom is 0.0759 e. The van der Waals surface area contributed by atoms with Crippen molar-refractivity contribution < 1.29 is 4.74 Å². The number of ether oxygens (including phenoxy) is 1. The molecule has 3 heteroatoms. The maximum absolute atomic E-state index is 6.13. The lowest BCUT2D eigenvalue weighted by molar-refractivity contribution is -0.0125. The molecule has 2 saturated heterocycles. The highest BCUT2D eigenvalue weighted by Gasteiger charge is 2.47. The molecule has 0 aromatic heterocycles. The van der Waals surface area contributed by atoms with Gasteiger partial charge in [0.1, 0.15) is 0 Å². The molecule has 0 aromatic rings. The average Bonchev–Trinajstić information content (AvgIpc) is 3.14. The summed E-state index contributed by atoms with van der Waals surface area (Å²) >= 11 is 0. The molecule has 0 aromatic carbocycles. The number of hydrogen-bond donors (Lipinski definition) is 1. The predicted octanol–water partition coefficient (Wildman–Crippen LogP) is 2.90. The quantitative estimate of drug-likeness (QED) is 0.866. The number of piperazine rings is 1. The van der Waals surface area contributed by atoms with E-state index in [1.165, 1.54) is 25.8 Å². The first-order chi connectivity index (χ1) is 9.88. The highest BCUT2D eigenvalue weighted by molar-refractivity contribution is 5.01. The summed E-state index contributed by atoms with van der Waals surface area (Å²) < 4.78 is 6.13. The van der Waals surface area contributed by atoms with Crippen LogP contribution in [0.5, 0.6) is 0 Å². The van der Waals surface area contributed by atoms with E-state index in [2.05, 4.69) is 44.8 Å². The molecule has 1 N–H and O–H groups in total. The minimum Gasteiger partial charge on any atom is -0.376 e. The van der Waals surface area contributed by atoms with Crippen LogP contribution in [0, 0.1) is 17.3 Å². The van der Waals surface area contributed by atoms with E-state index < -0.39 is 0 Å². The second-order valence-corrected chi connectivity index (χ2v) is 8.86. The molecule has 4 atom stereocenters. The normalized spacial score (nSPS) is 39.1. The fourth-order valence-electron chi connectivity index (χ4n) is 4.20. The third-order valence-corrected chi connectivity index (χ3v) is 5.82. The summed E-state index contributed by atoms with van der Waals surface area (Å²) in [5, 5.41) is 3.82. The van der Waals surface area contributed by atoms with Crippen LogP contribution < -0.4 is 5.32 Å². The van der Waals surface area contributed by atoms with E-state index in [4.69, 9.17) is 4.74 Å². The summed E-state index contributed by atoms with van der Waals surface area (Å²) in [6, 6.07) is 1.92.